The summed E-state index contributed by atoms with van der Waals surface area (Å²) in [5, 5.41) is 8.79. The Morgan fingerprint density at radius 2 is 1.84 bits per heavy atom. The van der Waals surface area contributed by atoms with Crippen molar-refractivity contribution in [2.45, 2.75) is 57.1 Å². The number of Topliss-reactive ketones (excluding diaryl/α,β-unsaturated/α-hetero) is 1. The van der Waals surface area contributed by atoms with Crippen molar-refractivity contribution in [2.75, 3.05) is 12.9 Å². The number of carbonyl (C=O) groups is 2. The highest BCUT2D eigenvalue weighted by atomic mass is 32.2. The van der Waals surface area contributed by atoms with Gasteiger partial charge in [-0.1, -0.05) is 31.0 Å². The van der Waals surface area contributed by atoms with Gasteiger partial charge in [0.1, 0.15) is 0 Å². The van der Waals surface area contributed by atoms with Gasteiger partial charge < -0.3 is 13.7 Å². The Morgan fingerprint density at radius 1 is 1.12 bits per heavy atom. The number of carbonyl (C=O) groups excluding carboxylic acids is 2. The summed E-state index contributed by atoms with van der Waals surface area (Å²) in [4.78, 5) is 24.6. The third-order valence-electron chi connectivity index (χ3n) is 5.98. The minimum atomic E-state index is -0.377. The van der Waals surface area contributed by atoms with Crippen LogP contribution in [-0.4, -0.2) is 39.4 Å². The first kappa shape index (κ1) is 22.3. The number of hydrogen-bond donors (Lipinski definition) is 0. The molecule has 2 heterocycles. The lowest BCUT2D eigenvalue weighted by Crippen LogP contribution is -2.06. The van der Waals surface area contributed by atoms with E-state index < -0.39 is 0 Å². The van der Waals surface area contributed by atoms with Crippen LogP contribution < -0.4 is 0 Å². The number of nitrogens with zero attached hydrogens (tertiary/aromatic N) is 3. The summed E-state index contributed by atoms with van der Waals surface area (Å²) in [5.74, 6) is 0.924. The first-order valence-corrected chi connectivity index (χ1v) is 11.8. The zero-order valence-electron chi connectivity index (χ0n) is 18.6. The summed E-state index contributed by atoms with van der Waals surface area (Å²) in [6, 6.07) is 9.03. The third kappa shape index (κ3) is 4.65. The number of thioether (sulfide) groups is 1. The van der Waals surface area contributed by atoms with Gasteiger partial charge in [0.05, 0.1) is 18.4 Å². The average Bonchev–Trinajstić information content (AvgIpc) is 3.42. The molecule has 3 aromatic rings. The molecule has 4 rings (SSSR count). The van der Waals surface area contributed by atoms with Crippen molar-refractivity contribution in [3.8, 4) is 5.69 Å². The van der Waals surface area contributed by atoms with E-state index in [0.717, 1.165) is 29.9 Å². The van der Waals surface area contributed by atoms with E-state index in [2.05, 4.69) is 10.2 Å². The van der Waals surface area contributed by atoms with Gasteiger partial charge in [-0.15, -0.1) is 10.2 Å². The van der Waals surface area contributed by atoms with E-state index >= 15 is 0 Å². The number of esters is 1. The van der Waals surface area contributed by atoms with Gasteiger partial charge in [-0.3, -0.25) is 4.79 Å². The number of ketones is 1. The molecule has 168 valence electrons. The molecule has 1 aliphatic rings. The Bertz CT molecular complexity index is 1110. The van der Waals surface area contributed by atoms with Gasteiger partial charge in [-0.2, -0.15) is 0 Å². The fourth-order valence-corrected chi connectivity index (χ4v) is 4.96. The number of hydrogen-bond acceptors (Lipinski definition) is 7. The Hall–Kier alpha value is -2.87. The number of aryl methyl sites for hydroxylation is 1. The summed E-state index contributed by atoms with van der Waals surface area (Å²) < 4.78 is 12.6. The van der Waals surface area contributed by atoms with Gasteiger partial charge in [0.25, 0.3) is 5.22 Å². The topological polar surface area (TPSA) is 87.2 Å². The van der Waals surface area contributed by atoms with Gasteiger partial charge in [0.2, 0.25) is 5.89 Å². The van der Waals surface area contributed by atoms with Crippen molar-refractivity contribution in [3.63, 3.8) is 0 Å². The molecule has 0 aliphatic heterocycles. The molecule has 0 unspecified atom stereocenters. The second-order valence-corrected chi connectivity index (χ2v) is 9.04. The Kier molecular flexibility index (Phi) is 6.79. The molecule has 0 spiro atoms. The molecule has 0 radical (unpaired) electrons. The Morgan fingerprint density at radius 3 is 2.53 bits per heavy atom. The van der Waals surface area contributed by atoms with Crippen molar-refractivity contribution in [1.82, 2.24) is 14.8 Å². The van der Waals surface area contributed by atoms with Crippen molar-refractivity contribution >= 4 is 23.5 Å². The number of methoxy groups -OCH3 is 1. The van der Waals surface area contributed by atoms with Crippen molar-refractivity contribution < 1.29 is 18.7 Å². The van der Waals surface area contributed by atoms with E-state index in [1.54, 1.807) is 12.1 Å². The monoisotopic (exact) mass is 453 g/mol. The van der Waals surface area contributed by atoms with Gasteiger partial charge in [0, 0.05) is 28.6 Å². The van der Waals surface area contributed by atoms with E-state index in [0.29, 0.717) is 28.2 Å². The van der Waals surface area contributed by atoms with Crippen molar-refractivity contribution in [1.29, 1.82) is 0 Å². The summed E-state index contributed by atoms with van der Waals surface area (Å²) in [7, 11) is 1.36. The van der Waals surface area contributed by atoms with Crippen LogP contribution in [0.2, 0.25) is 0 Å². The summed E-state index contributed by atoms with van der Waals surface area (Å²) >= 11 is 1.29. The van der Waals surface area contributed by atoms with Crippen LogP contribution in [-0.2, 0) is 4.74 Å². The first-order valence-electron chi connectivity index (χ1n) is 10.8. The molecular weight excluding hydrogens is 426 g/mol. The summed E-state index contributed by atoms with van der Waals surface area (Å²) in [6.07, 6.45) is 5.87. The van der Waals surface area contributed by atoms with E-state index in [4.69, 9.17) is 9.15 Å². The lowest BCUT2D eigenvalue weighted by Gasteiger charge is -2.17. The van der Waals surface area contributed by atoms with E-state index in [1.807, 2.05) is 36.6 Å². The van der Waals surface area contributed by atoms with Gasteiger partial charge in [0.15, 0.2) is 5.78 Å². The minimum Gasteiger partial charge on any atom is -0.465 e. The Labute approximate surface area is 191 Å². The van der Waals surface area contributed by atoms with Crippen LogP contribution >= 0.6 is 11.8 Å². The molecule has 2 aromatic heterocycles. The summed E-state index contributed by atoms with van der Waals surface area (Å²) in [5.41, 5.74) is 3.83. The second-order valence-electron chi connectivity index (χ2n) is 8.11. The van der Waals surface area contributed by atoms with E-state index in [-0.39, 0.29) is 17.5 Å². The number of aromatic nitrogens is 3. The number of ether oxygens (including phenoxy) is 1. The molecule has 1 fully saturated rings. The highest BCUT2D eigenvalue weighted by Gasteiger charge is 2.22. The summed E-state index contributed by atoms with van der Waals surface area (Å²) in [6.45, 7) is 3.88. The molecule has 0 amide bonds. The van der Waals surface area contributed by atoms with Gasteiger partial charge >= 0.3 is 5.97 Å². The lowest BCUT2D eigenvalue weighted by atomic mass is 9.89. The third-order valence-corrected chi connectivity index (χ3v) is 6.80. The standard InChI is InChI=1S/C24H27N3O4S/c1-15-13-20(16(2)27(15)19-11-9-18(10-12-19)23(29)30-3)21(28)14-32-24-26-25-22(31-24)17-7-5-4-6-8-17/h9-13,17H,4-8,14H2,1-3H3. The largest absolute Gasteiger partial charge is 0.465 e. The number of rotatable bonds is 7. The average molecular weight is 454 g/mol. The smallest absolute Gasteiger partial charge is 0.337 e. The molecule has 0 bridgehead atoms. The maximum atomic E-state index is 12.9. The quantitative estimate of drug-likeness (QED) is 0.273. The molecular formula is C24H27N3O4S. The van der Waals surface area contributed by atoms with E-state index in [1.165, 1.54) is 38.1 Å². The Balaban J connectivity index is 1.44. The van der Waals surface area contributed by atoms with Crippen LogP contribution in [0.3, 0.4) is 0 Å². The highest BCUT2D eigenvalue weighted by Crippen LogP contribution is 2.33. The highest BCUT2D eigenvalue weighted by molar-refractivity contribution is 7.99. The van der Waals surface area contributed by atoms with Gasteiger partial charge in [-0.05, 0) is 57.0 Å². The lowest BCUT2D eigenvalue weighted by molar-refractivity contribution is 0.0600. The molecule has 8 heteroatoms. The molecule has 1 aliphatic carbocycles. The van der Waals surface area contributed by atoms with Crippen LogP contribution in [0.5, 0.6) is 0 Å². The SMILES string of the molecule is COC(=O)c1ccc(-n2c(C)cc(C(=O)CSc3nnc(C4CCCCC4)o3)c2C)cc1. The molecule has 32 heavy (non-hydrogen) atoms. The molecule has 0 atom stereocenters. The zero-order valence-corrected chi connectivity index (χ0v) is 19.4. The van der Waals surface area contributed by atoms with Crippen molar-refractivity contribution in [2.24, 2.45) is 0 Å². The fourth-order valence-electron chi connectivity index (χ4n) is 4.31. The fraction of sp³-hybridized carbons (Fsp3) is 0.417. The zero-order chi connectivity index (χ0) is 22.7. The predicted molar refractivity (Wildman–Crippen MR) is 122 cm³/mol. The van der Waals surface area contributed by atoms with Crippen LogP contribution in [0.25, 0.3) is 5.69 Å². The first-order chi connectivity index (χ1) is 15.5. The second kappa shape index (κ2) is 9.73. The minimum absolute atomic E-state index is 0.0120. The maximum absolute atomic E-state index is 12.9. The van der Waals surface area contributed by atoms with Crippen LogP contribution in [0.4, 0.5) is 0 Å². The molecule has 1 aromatic carbocycles. The predicted octanol–water partition coefficient (Wildman–Crippen LogP) is 5.29. The van der Waals surface area contributed by atoms with Crippen LogP contribution in [0.1, 0.15) is 76.0 Å². The normalized spacial score (nSPS) is 14.5. The molecule has 7 nitrogen and oxygen atoms in total. The van der Waals surface area contributed by atoms with Crippen molar-refractivity contribution in [3.05, 3.63) is 58.7 Å². The molecule has 1 saturated carbocycles. The van der Waals surface area contributed by atoms with Crippen LogP contribution in [0.15, 0.2) is 40.0 Å². The molecule has 0 N–H and O–H groups in total. The maximum Gasteiger partial charge on any atom is 0.337 e. The van der Waals surface area contributed by atoms with Gasteiger partial charge in [-0.25, -0.2) is 4.79 Å². The van der Waals surface area contributed by atoms with Crippen LogP contribution in [0, 0.1) is 13.8 Å². The van der Waals surface area contributed by atoms with E-state index in [9.17, 15) is 9.59 Å². The number of benzene rings is 1. The molecule has 0 saturated heterocycles.